The number of para-hydroxylation sites is 2. The zero-order valence-electron chi connectivity index (χ0n) is 20.0. The Labute approximate surface area is 205 Å². The fourth-order valence-corrected chi connectivity index (χ4v) is 4.24. The van der Waals surface area contributed by atoms with Gasteiger partial charge in [-0.25, -0.2) is 0 Å². The molecule has 1 fully saturated rings. The SMILES string of the molecule is CCOc1ccccc1N1CCN(C(=O)c2ccc(-c3nnc(-c4ccc(C)cc4)o3)cc2)CC1. The molecule has 178 valence electrons. The quantitative estimate of drug-likeness (QED) is 0.393. The molecule has 7 heteroatoms. The van der Waals surface area contributed by atoms with Gasteiger partial charge < -0.3 is 19.0 Å². The van der Waals surface area contributed by atoms with Gasteiger partial charge in [-0.1, -0.05) is 29.8 Å². The molecule has 35 heavy (non-hydrogen) atoms. The van der Waals surface area contributed by atoms with E-state index in [2.05, 4.69) is 21.2 Å². The van der Waals surface area contributed by atoms with Crippen LogP contribution in [0.1, 0.15) is 22.8 Å². The van der Waals surface area contributed by atoms with Crippen LogP contribution >= 0.6 is 0 Å². The summed E-state index contributed by atoms with van der Waals surface area (Å²) in [6, 6.07) is 23.4. The van der Waals surface area contributed by atoms with Crippen LogP contribution in [0, 0.1) is 6.92 Å². The lowest BCUT2D eigenvalue weighted by molar-refractivity contribution is 0.0746. The van der Waals surface area contributed by atoms with Crippen LogP contribution in [0.3, 0.4) is 0 Å². The maximum atomic E-state index is 13.1. The minimum Gasteiger partial charge on any atom is -0.492 e. The van der Waals surface area contributed by atoms with Crippen LogP contribution in [0.5, 0.6) is 5.75 Å². The van der Waals surface area contributed by atoms with Crippen molar-refractivity contribution in [3.63, 3.8) is 0 Å². The molecule has 1 amide bonds. The number of nitrogens with zero attached hydrogens (tertiary/aromatic N) is 4. The molecule has 0 aliphatic carbocycles. The summed E-state index contributed by atoms with van der Waals surface area (Å²) in [5, 5.41) is 8.35. The molecule has 0 N–H and O–H groups in total. The molecule has 3 aromatic carbocycles. The van der Waals surface area contributed by atoms with E-state index in [0.717, 1.165) is 35.7 Å². The molecule has 0 atom stereocenters. The summed E-state index contributed by atoms with van der Waals surface area (Å²) in [7, 11) is 0. The summed E-state index contributed by atoms with van der Waals surface area (Å²) in [6.45, 7) is 7.49. The summed E-state index contributed by atoms with van der Waals surface area (Å²) in [5.41, 5.74) is 4.56. The predicted octanol–water partition coefficient (Wildman–Crippen LogP) is 5.07. The van der Waals surface area contributed by atoms with Crippen molar-refractivity contribution in [1.29, 1.82) is 0 Å². The molecule has 1 aliphatic heterocycles. The van der Waals surface area contributed by atoms with Crippen LogP contribution in [-0.2, 0) is 0 Å². The number of aromatic nitrogens is 2. The highest BCUT2D eigenvalue weighted by atomic mass is 16.5. The standard InChI is InChI=1S/C28H28N4O3/c1-3-34-25-7-5-4-6-24(25)31-16-18-32(19-17-31)28(33)23-14-12-22(13-15-23)27-30-29-26(35-27)21-10-8-20(2)9-11-21/h4-15H,3,16-19H2,1-2H3. The van der Waals surface area contributed by atoms with Gasteiger partial charge in [0.15, 0.2) is 0 Å². The molecule has 0 saturated carbocycles. The third-order valence-electron chi connectivity index (χ3n) is 6.17. The van der Waals surface area contributed by atoms with Crippen LogP contribution in [0.4, 0.5) is 5.69 Å². The summed E-state index contributed by atoms with van der Waals surface area (Å²) in [5.74, 6) is 1.82. The van der Waals surface area contributed by atoms with E-state index in [1.165, 1.54) is 5.56 Å². The Bertz CT molecular complexity index is 1290. The fourth-order valence-electron chi connectivity index (χ4n) is 4.24. The largest absolute Gasteiger partial charge is 0.492 e. The predicted molar refractivity (Wildman–Crippen MR) is 136 cm³/mol. The lowest BCUT2D eigenvalue weighted by Crippen LogP contribution is -2.48. The van der Waals surface area contributed by atoms with Gasteiger partial charge in [0, 0.05) is 42.9 Å². The average Bonchev–Trinajstić information content (AvgIpc) is 3.40. The first-order valence-electron chi connectivity index (χ1n) is 11.9. The number of anilines is 1. The maximum absolute atomic E-state index is 13.1. The third-order valence-corrected chi connectivity index (χ3v) is 6.17. The second kappa shape index (κ2) is 10.0. The van der Waals surface area contributed by atoms with E-state index < -0.39 is 0 Å². The molecule has 0 spiro atoms. The minimum atomic E-state index is 0.0279. The van der Waals surface area contributed by atoms with E-state index in [-0.39, 0.29) is 5.91 Å². The Balaban J connectivity index is 1.23. The summed E-state index contributed by atoms with van der Waals surface area (Å²) in [4.78, 5) is 17.3. The summed E-state index contributed by atoms with van der Waals surface area (Å²) in [6.07, 6.45) is 0. The lowest BCUT2D eigenvalue weighted by Gasteiger charge is -2.36. The van der Waals surface area contributed by atoms with Gasteiger partial charge in [-0.2, -0.15) is 0 Å². The van der Waals surface area contributed by atoms with Crippen molar-refractivity contribution >= 4 is 11.6 Å². The monoisotopic (exact) mass is 468 g/mol. The summed E-state index contributed by atoms with van der Waals surface area (Å²) < 4.78 is 11.6. The molecule has 5 rings (SSSR count). The second-order valence-electron chi connectivity index (χ2n) is 8.54. The van der Waals surface area contributed by atoms with E-state index in [0.29, 0.717) is 37.0 Å². The number of amides is 1. The van der Waals surface area contributed by atoms with E-state index >= 15 is 0 Å². The number of carbonyl (C=O) groups is 1. The first-order chi connectivity index (χ1) is 17.1. The molecule has 2 heterocycles. The van der Waals surface area contributed by atoms with E-state index in [1.807, 2.05) is 85.5 Å². The maximum Gasteiger partial charge on any atom is 0.253 e. The lowest BCUT2D eigenvalue weighted by atomic mass is 10.1. The van der Waals surface area contributed by atoms with Gasteiger partial charge in [-0.15, -0.1) is 10.2 Å². The number of piperazine rings is 1. The van der Waals surface area contributed by atoms with Gasteiger partial charge >= 0.3 is 0 Å². The highest BCUT2D eigenvalue weighted by Crippen LogP contribution is 2.29. The number of hydrogen-bond donors (Lipinski definition) is 0. The fraction of sp³-hybridized carbons (Fsp3) is 0.250. The van der Waals surface area contributed by atoms with Gasteiger partial charge in [-0.05, 0) is 62.4 Å². The Morgan fingerprint density at radius 2 is 1.46 bits per heavy atom. The zero-order valence-corrected chi connectivity index (χ0v) is 20.0. The van der Waals surface area contributed by atoms with Crippen LogP contribution in [0.2, 0.25) is 0 Å². The molecular weight excluding hydrogens is 440 g/mol. The second-order valence-corrected chi connectivity index (χ2v) is 8.54. The molecule has 0 radical (unpaired) electrons. The van der Waals surface area contributed by atoms with E-state index in [4.69, 9.17) is 9.15 Å². The first kappa shape index (κ1) is 22.7. The molecule has 1 aliphatic rings. The van der Waals surface area contributed by atoms with Crippen LogP contribution in [-0.4, -0.2) is 53.8 Å². The van der Waals surface area contributed by atoms with Gasteiger partial charge in [0.05, 0.1) is 12.3 Å². The number of ether oxygens (including phenoxy) is 1. The molecule has 4 aromatic rings. The molecule has 1 saturated heterocycles. The van der Waals surface area contributed by atoms with Crippen molar-refractivity contribution in [3.8, 4) is 28.7 Å². The van der Waals surface area contributed by atoms with Crippen molar-refractivity contribution in [2.45, 2.75) is 13.8 Å². The van der Waals surface area contributed by atoms with Gasteiger partial charge in [0.25, 0.3) is 5.91 Å². The van der Waals surface area contributed by atoms with Crippen LogP contribution < -0.4 is 9.64 Å². The molecule has 0 bridgehead atoms. The number of carbonyl (C=O) groups excluding carboxylic acids is 1. The minimum absolute atomic E-state index is 0.0279. The van der Waals surface area contributed by atoms with Crippen molar-refractivity contribution in [1.82, 2.24) is 15.1 Å². The third kappa shape index (κ3) is 4.89. The number of rotatable bonds is 6. The number of aryl methyl sites for hydroxylation is 1. The van der Waals surface area contributed by atoms with Crippen LogP contribution in [0.25, 0.3) is 22.9 Å². The summed E-state index contributed by atoms with van der Waals surface area (Å²) >= 11 is 0. The Morgan fingerprint density at radius 3 is 2.09 bits per heavy atom. The molecular formula is C28H28N4O3. The number of benzene rings is 3. The Hall–Kier alpha value is -4.13. The normalized spacial score (nSPS) is 13.7. The number of hydrogen-bond acceptors (Lipinski definition) is 6. The van der Waals surface area contributed by atoms with Gasteiger partial charge in [0.1, 0.15) is 5.75 Å². The highest BCUT2D eigenvalue weighted by Gasteiger charge is 2.24. The van der Waals surface area contributed by atoms with E-state index in [9.17, 15) is 4.79 Å². The highest BCUT2D eigenvalue weighted by molar-refractivity contribution is 5.94. The zero-order chi connectivity index (χ0) is 24.2. The Morgan fingerprint density at radius 1 is 0.857 bits per heavy atom. The topological polar surface area (TPSA) is 71.7 Å². The molecule has 7 nitrogen and oxygen atoms in total. The van der Waals surface area contributed by atoms with Gasteiger partial charge in [0.2, 0.25) is 11.8 Å². The van der Waals surface area contributed by atoms with Gasteiger partial charge in [-0.3, -0.25) is 4.79 Å². The van der Waals surface area contributed by atoms with Crippen LogP contribution in [0.15, 0.2) is 77.2 Å². The molecule has 1 aromatic heterocycles. The van der Waals surface area contributed by atoms with Crippen molar-refractivity contribution < 1.29 is 13.9 Å². The van der Waals surface area contributed by atoms with Crippen molar-refractivity contribution in [3.05, 3.63) is 83.9 Å². The van der Waals surface area contributed by atoms with Crippen molar-refractivity contribution in [2.24, 2.45) is 0 Å². The first-order valence-corrected chi connectivity index (χ1v) is 11.9. The van der Waals surface area contributed by atoms with E-state index in [1.54, 1.807) is 0 Å². The molecule has 0 unspecified atom stereocenters. The van der Waals surface area contributed by atoms with Crippen molar-refractivity contribution in [2.75, 3.05) is 37.7 Å². The Kier molecular flexibility index (Phi) is 6.48. The smallest absolute Gasteiger partial charge is 0.253 e. The average molecular weight is 469 g/mol.